The van der Waals surface area contributed by atoms with Crippen molar-refractivity contribution in [3.05, 3.63) is 53.8 Å². The van der Waals surface area contributed by atoms with Crippen LogP contribution in [0.3, 0.4) is 0 Å². The fourth-order valence-electron chi connectivity index (χ4n) is 5.15. The monoisotopic (exact) mass is 468 g/mol. The van der Waals surface area contributed by atoms with Gasteiger partial charge >= 0.3 is 5.97 Å². The van der Waals surface area contributed by atoms with E-state index in [4.69, 9.17) is 14.2 Å². The molecule has 0 atom stereocenters. The third-order valence-electron chi connectivity index (χ3n) is 7.09. The topological polar surface area (TPSA) is 68.3 Å². The SMILES string of the molecule is O=C(COC(=O)C1(c2ccc3c(c2)OCCO3)CCCC1)N1CCN(c2ccc(F)cc2)CC1. The minimum absolute atomic E-state index is 0.192. The van der Waals surface area contributed by atoms with Gasteiger partial charge in [0, 0.05) is 31.9 Å². The summed E-state index contributed by atoms with van der Waals surface area (Å²) in [5, 5.41) is 0. The van der Waals surface area contributed by atoms with Crippen molar-refractivity contribution in [1.82, 2.24) is 4.90 Å². The van der Waals surface area contributed by atoms with Crippen molar-refractivity contribution in [3.8, 4) is 11.5 Å². The molecule has 5 rings (SSSR count). The van der Waals surface area contributed by atoms with Gasteiger partial charge in [0.2, 0.25) is 0 Å². The van der Waals surface area contributed by atoms with E-state index in [0.29, 0.717) is 63.7 Å². The van der Waals surface area contributed by atoms with Crippen molar-refractivity contribution < 1.29 is 28.2 Å². The molecule has 0 aromatic heterocycles. The number of fused-ring (bicyclic) bond motifs is 1. The summed E-state index contributed by atoms with van der Waals surface area (Å²) >= 11 is 0. The Labute approximate surface area is 198 Å². The minimum atomic E-state index is -0.753. The Morgan fingerprint density at radius 1 is 0.912 bits per heavy atom. The van der Waals surface area contributed by atoms with Gasteiger partial charge in [-0.05, 0) is 54.8 Å². The maximum atomic E-state index is 13.3. The van der Waals surface area contributed by atoms with Crippen LogP contribution in [0.5, 0.6) is 11.5 Å². The number of piperazine rings is 1. The van der Waals surface area contributed by atoms with Crippen molar-refractivity contribution in [1.29, 1.82) is 0 Å². The Kier molecular flexibility index (Phi) is 6.30. The van der Waals surface area contributed by atoms with E-state index in [2.05, 4.69) is 4.90 Å². The second-order valence-electron chi connectivity index (χ2n) is 9.07. The fourth-order valence-corrected chi connectivity index (χ4v) is 5.15. The average molecular weight is 469 g/mol. The predicted octanol–water partition coefficient (Wildman–Crippen LogP) is 3.30. The molecule has 1 saturated carbocycles. The largest absolute Gasteiger partial charge is 0.486 e. The number of hydrogen-bond acceptors (Lipinski definition) is 6. The molecule has 2 heterocycles. The first kappa shape index (κ1) is 22.5. The van der Waals surface area contributed by atoms with Crippen LogP contribution in [0, 0.1) is 5.82 Å². The van der Waals surface area contributed by atoms with Gasteiger partial charge in [-0.25, -0.2) is 4.39 Å². The zero-order valence-corrected chi connectivity index (χ0v) is 19.1. The Balaban J connectivity index is 1.19. The van der Waals surface area contributed by atoms with E-state index >= 15 is 0 Å². The highest BCUT2D eigenvalue weighted by Crippen LogP contribution is 2.45. The van der Waals surface area contributed by atoms with Gasteiger partial charge < -0.3 is 24.0 Å². The average Bonchev–Trinajstić information content (AvgIpc) is 3.39. The predicted molar refractivity (Wildman–Crippen MR) is 124 cm³/mol. The van der Waals surface area contributed by atoms with Crippen LogP contribution in [0.25, 0.3) is 0 Å². The molecule has 0 N–H and O–H groups in total. The van der Waals surface area contributed by atoms with Gasteiger partial charge in [0.15, 0.2) is 18.1 Å². The fraction of sp³-hybridized carbons (Fsp3) is 0.462. The Morgan fingerprint density at radius 2 is 1.59 bits per heavy atom. The van der Waals surface area contributed by atoms with Crippen LogP contribution in [0.4, 0.5) is 10.1 Å². The van der Waals surface area contributed by atoms with Crippen LogP contribution >= 0.6 is 0 Å². The van der Waals surface area contributed by atoms with Crippen LogP contribution in [0.2, 0.25) is 0 Å². The molecule has 1 aliphatic carbocycles. The third-order valence-corrected chi connectivity index (χ3v) is 7.09. The molecule has 1 amide bonds. The highest BCUT2D eigenvalue weighted by atomic mass is 19.1. The van der Waals surface area contributed by atoms with Gasteiger partial charge in [-0.3, -0.25) is 9.59 Å². The normalized spacial score (nSPS) is 19.1. The van der Waals surface area contributed by atoms with E-state index in [-0.39, 0.29) is 24.3 Å². The van der Waals surface area contributed by atoms with Crippen molar-refractivity contribution in [2.45, 2.75) is 31.1 Å². The van der Waals surface area contributed by atoms with Crippen LogP contribution in [-0.2, 0) is 19.7 Å². The van der Waals surface area contributed by atoms with E-state index < -0.39 is 5.41 Å². The second kappa shape index (κ2) is 9.52. The summed E-state index contributed by atoms with van der Waals surface area (Å²) in [5.41, 5.74) is 1.04. The Bertz CT molecular complexity index is 1040. The number of benzene rings is 2. The van der Waals surface area contributed by atoms with E-state index in [1.165, 1.54) is 12.1 Å². The summed E-state index contributed by atoms with van der Waals surface area (Å²) in [6, 6.07) is 12.0. The van der Waals surface area contributed by atoms with Crippen molar-refractivity contribution in [3.63, 3.8) is 0 Å². The molecule has 34 heavy (non-hydrogen) atoms. The molecular formula is C26H29FN2O5. The first-order chi connectivity index (χ1) is 16.5. The van der Waals surface area contributed by atoms with Crippen molar-refractivity contribution >= 4 is 17.6 Å². The lowest BCUT2D eigenvalue weighted by Gasteiger charge is -2.36. The molecule has 2 aliphatic heterocycles. The number of nitrogens with zero attached hydrogens (tertiary/aromatic N) is 2. The van der Waals surface area contributed by atoms with Gasteiger partial charge in [-0.15, -0.1) is 0 Å². The van der Waals surface area contributed by atoms with E-state index in [9.17, 15) is 14.0 Å². The molecule has 0 spiro atoms. The van der Waals surface area contributed by atoms with Crippen molar-refractivity contribution in [2.24, 2.45) is 0 Å². The standard InChI is InChI=1S/C26H29FN2O5/c27-20-4-6-21(7-5-20)28-11-13-29(14-12-28)24(30)18-34-25(31)26(9-1-2-10-26)19-3-8-22-23(17-19)33-16-15-32-22/h3-8,17H,1-2,9-16,18H2. The summed E-state index contributed by atoms with van der Waals surface area (Å²) < 4.78 is 30.1. The minimum Gasteiger partial charge on any atom is -0.486 e. The number of amides is 1. The van der Waals surface area contributed by atoms with Crippen LogP contribution in [-0.4, -0.2) is 62.8 Å². The van der Waals surface area contributed by atoms with E-state index in [0.717, 1.165) is 24.1 Å². The molecule has 3 aliphatic rings. The third kappa shape index (κ3) is 4.41. The molecule has 0 bridgehead atoms. The Hall–Kier alpha value is -3.29. The van der Waals surface area contributed by atoms with Crippen molar-refractivity contribution in [2.75, 3.05) is 50.9 Å². The number of esters is 1. The summed E-state index contributed by atoms with van der Waals surface area (Å²) in [6.07, 6.45) is 3.25. The molecule has 8 heteroatoms. The molecule has 180 valence electrons. The molecule has 0 radical (unpaired) electrons. The maximum Gasteiger partial charge on any atom is 0.317 e. The molecule has 1 saturated heterocycles. The first-order valence-electron chi connectivity index (χ1n) is 11.9. The molecule has 2 fully saturated rings. The molecule has 7 nitrogen and oxygen atoms in total. The Morgan fingerprint density at radius 3 is 2.29 bits per heavy atom. The van der Waals surface area contributed by atoms with Gasteiger partial charge in [-0.2, -0.15) is 0 Å². The summed E-state index contributed by atoms with van der Waals surface area (Å²) in [7, 11) is 0. The number of anilines is 1. The maximum absolute atomic E-state index is 13.3. The van der Waals surface area contributed by atoms with E-state index in [1.54, 1.807) is 17.0 Å². The second-order valence-corrected chi connectivity index (χ2v) is 9.07. The van der Waals surface area contributed by atoms with Crippen LogP contribution in [0.15, 0.2) is 42.5 Å². The summed E-state index contributed by atoms with van der Waals surface area (Å²) in [6.45, 7) is 3.08. The number of carbonyl (C=O) groups is 2. The first-order valence-corrected chi connectivity index (χ1v) is 11.9. The number of carbonyl (C=O) groups excluding carboxylic acids is 2. The van der Waals surface area contributed by atoms with Gasteiger partial charge in [-0.1, -0.05) is 18.9 Å². The van der Waals surface area contributed by atoms with Crippen LogP contribution < -0.4 is 14.4 Å². The lowest BCUT2D eigenvalue weighted by atomic mass is 9.78. The van der Waals surface area contributed by atoms with Gasteiger partial charge in [0.1, 0.15) is 19.0 Å². The zero-order chi connectivity index (χ0) is 23.5. The molecular weight excluding hydrogens is 439 g/mol. The molecule has 0 unspecified atom stereocenters. The highest BCUT2D eigenvalue weighted by molar-refractivity contribution is 5.87. The number of hydrogen-bond donors (Lipinski definition) is 0. The smallest absolute Gasteiger partial charge is 0.317 e. The summed E-state index contributed by atoms with van der Waals surface area (Å²) in [5.74, 6) is 0.530. The highest BCUT2D eigenvalue weighted by Gasteiger charge is 2.45. The molecule has 2 aromatic rings. The van der Waals surface area contributed by atoms with Crippen LogP contribution in [0.1, 0.15) is 31.2 Å². The molecule has 2 aromatic carbocycles. The number of rotatable bonds is 5. The number of halogens is 1. The number of ether oxygens (including phenoxy) is 3. The lowest BCUT2D eigenvalue weighted by Crippen LogP contribution is -2.50. The summed E-state index contributed by atoms with van der Waals surface area (Å²) in [4.78, 5) is 29.9. The van der Waals surface area contributed by atoms with E-state index in [1.807, 2.05) is 18.2 Å². The lowest BCUT2D eigenvalue weighted by molar-refractivity contribution is -0.157. The van der Waals surface area contributed by atoms with Gasteiger partial charge in [0.05, 0.1) is 5.41 Å². The zero-order valence-electron chi connectivity index (χ0n) is 19.1. The quantitative estimate of drug-likeness (QED) is 0.628. The van der Waals surface area contributed by atoms with Gasteiger partial charge in [0.25, 0.3) is 5.91 Å².